The summed E-state index contributed by atoms with van der Waals surface area (Å²) in [4.78, 5) is 0. The summed E-state index contributed by atoms with van der Waals surface area (Å²) in [5, 5.41) is 0. The van der Waals surface area contributed by atoms with E-state index < -0.39 is 0 Å². The van der Waals surface area contributed by atoms with Crippen LogP contribution in [0, 0.1) is 0 Å². The number of rotatable bonds is 3. The molecule has 0 fully saturated rings. The monoisotopic (exact) mass is 387 g/mol. The lowest BCUT2D eigenvalue weighted by Gasteiger charge is -2.02. The van der Waals surface area contributed by atoms with Gasteiger partial charge in [-0.05, 0) is 42.0 Å². The van der Waals surface area contributed by atoms with E-state index >= 15 is 0 Å². The highest BCUT2D eigenvalue weighted by Gasteiger charge is 2.20. The van der Waals surface area contributed by atoms with Crippen molar-refractivity contribution in [2.75, 3.05) is 0 Å². The zero-order valence-corrected chi connectivity index (χ0v) is 15.1. The fourth-order valence-corrected chi connectivity index (χ4v) is 3.06. The molecule has 4 aromatic rings. The Hall–Kier alpha value is -2.71. The molecule has 1 heterocycles. The molecule has 3 aromatic carbocycles. The quantitative estimate of drug-likeness (QED) is 0.335. The number of hydrogen-bond acceptors (Lipinski definition) is 0. The summed E-state index contributed by atoms with van der Waals surface area (Å²) in [6.45, 7) is 0. The maximum atomic E-state index is 6.23. The van der Waals surface area contributed by atoms with Crippen LogP contribution in [0.1, 0.15) is 0 Å². The molecule has 0 bridgehead atoms. The predicted molar refractivity (Wildman–Crippen MR) is 107 cm³/mol. The summed E-state index contributed by atoms with van der Waals surface area (Å²) >= 11 is 3.50. The van der Waals surface area contributed by atoms with Gasteiger partial charge in [-0.15, -0.1) is 0 Å². The van der Waals surface area contributed by atoms with Crippen molar-refractivity contribution in [3.05, 3.63) is 102 Å². The first kappa shape index (κ1) is 15.8. The first-order valence-corrected chi connectivity index (χ1v) is 8.94. The molecule has 0 atom stereocenters. The number of halogens is 1. The van der Waals surface area contributed by atoms with Crippen LogP contribution in [0.15, 0.2) is 106 Å². The summed E-state index contributed by atoms with van der Waals surface area (Å²) in [6, 6.07) is 33.0. The SMILES string of the molecule is Brc1ccc(-c2cc(-c3ccccc3)[o+]c(-c3ccccc3)c2)cc1. The van der Waals surface area contributed by atoms with Crippen LogP contribution in [0.2, 0.25) is 0 Å². The van der Waals surface area contributed by atoms with Gasteiger partial charge in [0.2, 0.25) is 0 Å². The number of benzene rings is 3. The molecule has 1 nitrogen and oxygen atoms in total. The lowest BCUT2D eigenvalue weighted by molar-refractivity contribution is 0.582. The van der Waals surface area contributed by atoms with Crippen LogP contribution in [0.25, 0.3) is 33.8 Å². The third-order valence-corrected chi connectivity index (χ3v) is 4.62. The maximum Gasteiger partial charge on any atom is 0.361 e. The van der Waals surface area contributed by atoms with E-state index in [2.05, 4.69) is 76.6 Å². The Bertz CT molecular complexity index is 920. The van der Waals surface area contributed by atoms with Crippen molar-refractivity contribution >= 4 is 15.9 Å². The lowest BCUT2D eigenvalue weighted by Crippen LogP contribution is -1.86. The predicted octanol–water partition coefficient (Wildman–Crippen LogP) is 7.32. The molecule has 2 heteroatoms. The van der Waals surface area contributed by atoms with Gasteiger partial charge in [0.05, 0.1) is 23.3 Å². The van der Waals surface area contributed by atoms with Crippen LogP contribution in [-0.4, -0.2) is 0 Å². The molecule has 0 unspecified atom stereocenters. The van der Waals surface area contributed by atoms with E-state index in [1.807, 2.05) is 36.4 Å². The third kappa shape index (κ3) is 3.54. The first-order chi connectivity index (χ1) is 12.3. The Morgan fingerprint density at radius 1 is 0.480 bits per heavy atom. The van der Waals surface area contributed by atoms with Crippen LogP contribution in [0.5, 0.6) is 0 Å². The Kier molecular flexibility index (Phi) is 4.45. The standard InChI is InChI=1S/C23H16BrO/c24-21-13-11-17(12-14-21)20-15-22(18-7-3-1-4-8-18)25-23(16-20)19-9-5-2-6-10-19/h1-16H/q+1. The van der Waals surface area contributed by atoms with Crippen molar-refractivity contribution in [3.8, 4) is 33.8 Å². The van der Waals surface area contributed by atoms with E-state index in [0.717, 1.165) is 38.2 Å². The van der Waals surface area contributed by atoms with Crippen molar-refractivity contribution in [3.63, 3.8) is 0 Å². The molecular weight excluding hydrogens is 372 g/mol. The maximum absolute atomic E-state index is 6.23. The Labute approximate surface area is 155 Å². The molecule has 0 N–H and O–H groups in total. The Morgan fingerprint density at radius 2 is 0.960 bits per heavy atom. The minimum atomic E-state index is 0.861. The van der Waals surface area contributed by atoms with E-state index in [4.69, 9.17) is 4.42 Å². The molecular formula is C23H16BrO+. The smallest absolute Gasteiger partial charge is 0.207 e. The summed E-state index contributed by atoms with van der Waals surface area (Å²) in [6.07, 6.45) is 0. The van der Waals surface area contributed by atoms with Gasteiger partial charge in [0, 0.05) is 10.0 Å². The molecule has 0 amide bonds. The van der Waals surface area contributed by atoms with Gasteiger partial charge in [-0.2, -0.15) is 0 Å². The van der Waals surface area contributed by atoms with E-state index in [0.29, 0.717) is 0 Å². The Morgan fingerprint density at radius 3 is 1.44 bits per heavy atom. The summed E-state index contributed by atoms with van der Waals surface area (Å²) in [5.74, 6) is 1.72. The average molecular weight is 388 g/mol. The molecule has 0 aliphatic carbocycles. The second kappa shape index (κ2) is 7.04. The molecule has 0 aliphatic rings. The summed E-state index contributed by atoms with van der Waals surface area (Å²) < 4.78 is 7.30. The van der Waals surface area contributed by atoms with Gasteiger partial charge in [-0.1, -0.05) is 64.5 Å². The van der Waals surface area contributed by atoms with Crippen LogP contribution in [-0.2, 0) is 0 Å². The van der Waals surface area contributed by atoms with E-state index in [1.54, 1.807) is 0 Å². The van der Waals surface area contributed by atoms with Gasteiger partial charge < -0.3 is 0 Å². The van der Waals surface area contributed by atoms with Crippen LogP contribution >= 0.6 is 15.9 Å². The number of hydrogen-bond donors (Lipinski definition) is 0. The lowest BCUT2D eigenvalue weighted by atomic mass is 10.0. The Balaban J connectivity index is 1.90. The molecule has 0 radical (unpaired) electrons. The van der Waals surface area contributed by atoms with Crippen LogP contribution in [0.3, 0.4) is 0 Å². The molecule has 0 aliphatic heterocycles. The highest BCUT2D eigenvalue weighted by Crippen LogP contribution is 2.33. The van der Waals surface area contributed by atoms with Gasteiger partial charge >= 0.3 is 11.5 Å². The highest BCUT2D eigenvalue weighted by atomic mass is 79.9. The summed E-state index contributed by atoms with van der Waals surface area (Å²) in [5.41, 5.74) is 4.43. The van der Waals surface area contributed by atoms with Gasteiger partial charge in [0.1, 0.15) is 0 Å². The van der Waals surface area contributed by atoms with Crippen molar-refractivity contribution < 1.29 is 4.42 Å². The van der Waals surface area contributed by atoms with E-state index in [-0.39, 0.29) is 0 Å². The normalized spacial score (nSPS) is 10.6. The fourth-order valence-electron chi connectivity index (χ4n) is 2.80. The first-order valence-electron chi connectivity index (χ1n) is 8.14. The minimum Gasteiger partial charge on any atom is -0.207 e. The highest BCUT2D eigenvalue weighted by molar-refractivity contribution is 9.10. The van der Waals surface area contributed by atoms with Crippen LogP contribution in [0.4, 0.5) is 0 Å². The molecule has 1 aromatic heterocycles. The second-order valence-electron chi connectivity index (χ2n) is 5.81. The zero-order chi connectivity index (χ0) is 17.1. The van der Waals surface area contributed by atoms with Crippen molar-refractivity contribution in [2.24, 2.45) is 0 Å². The molecule has 0 saturated carbocycles. The van der Waals surface area contributed by atoms with Gasteiger partial charge in [-0.25, -0.2) is 4.42 Å². The minimum absolute atomic E-state index is 0.861. The third-order valence-electron chi connectivity index (χ3n) is 4.09. The van der Waals surface area contributed by atoms with Crippen LogP contribution < -0.4 is 0 Å². The molecule has 0 spiro atoms. The van der Waals surface area contributed by atoms with Crippen molar-refractivity contribution in [1.82, 2.24) is 0 Å². The topological polar surface area (TPSA) is 11.3 Å². The molecule has 25 heavy (non-hydrogen) atoms. The van der Waals surface area contributed by atoms with Crippen molar-refractivity contribution in [1.29, 1.82) is 0 Å². The van der Waals surface area contributed by atoms with Gasteiger partial charge in [0.15, 0.2) is 0 Å². The fraction of sp³-hybridized carbons (Fsp3) is 0. The van der Waals surface area contributed by atoms with Crippen molar-refractivity contribution in [2.45, 2.75) is 0 Å². The van der Waals surface area contributed by atoms with E-state index in [1.165, 1.54) is 0 Å². The molecule has 0 saturated heterocycles. The largest absolute Gasteiger partial charge is 0.361 e. The molecule has 120 valence electrons. The average Bonchev–Trinajstić information content (AvgIpc) is 2.69. The van der Waals surface area contributed by atoms with E-state index in [9.17, 15) is 0 Å². The van der Waals surface area contributed by atoms with Gasteiger partial charge in [0.25, 0.3) is 0 Å². The zero-order valence-electron chi connectivity index (χ0n) is 13.5. The second-order valence-corrected chi connectivity index (χ2v) is 6.73. The summed E-state index contributed by atoms with van der Waals surface area (Å²) in [7, 11) is 0. The molecule has 4 rings (SSSR count). The van der Waals surface area contributed by atoms with Gasteiger partial charge in [-0.3, -0.25) is 0 Å².